The van der Waals surface area contributed by atoms with Gasteiger partial charge in [0.1, 0.15) is 6.61 Å². The molecule has 0 saturated carbocycles. The lowest BCUT2D eigenvalue weighted by atomic mass is 10.2. The van der Waals surface area contributed by atoms with Crippen LogP contribution in [0.3, 0.4) is 0 Å². The van der Waals surface area contributed by atoms with Gasteiger partial charge in [-0.2, -0.15) is 4.52 Å². The van der Waals surface area contributed by atoms with Gasteiger partial charge in [0.05, 0.1) is 9.92 Å². The van der Waals surface area contributed by atoms with E-state index in [4.69, 9.17) is 16.3 Å². The lowest BCUT2D eigenvalue weighted by Gasteiger charge is -2.09. The fourth-order valence-corrected chi connectivity index (χ4v) is 4.03. The van der Waals surface area contributed by atoms with Crippen molar-refractivity contribution in [3.8, 4) is 17.3 Å². The molecule has 2 heterocycles. The standard InChI is InChI=1S/C20H18ClN5O3S/c1-14-6-8-15(9-7-14)30(27,28)22-12-13-29-19-11-10-18-23-24-20(26(18)25-19)16-4-2-3-5-17(16)21/h2-11,22H,12-13H2,1H3. The molecule has 0 aliphatic carbocycles. The van der Waals surface area contributed by atoms with Crippen LogP contribution >= 0.6 is 11.6 Å². The maximum absolute atomic E-state index is 12.3. The zero-order valence-electron chi connectivity index (χ0n) is 16.0. The fraction of sp³-hybridized carbons (Fsp3) is 0.150. The third kappa shape index (κ3) is 4.28. The summed E-state index contributed by atoms with van der Waals surface area (Å²) < 4.78 is 34.3. The van der Waals surface area contributed by atoms with Gasteiger partial charge in [-0.1, -0.05) is 41.4 Å². The second kappa shape index (κ2) is 8.39. The van der Waals surface area contributed by atoms with Gasteiger partial charge in [-0.3, -0.25) is 0 Å². The third-order valence-corrected chi connectivity index (χ3v) is 6.14. The summed E-state index contributed by atoms with van der Waals surface area (Å²) in [5, 5.41) is 13.2. The van der Waals surface area contributed by atoms with Crippen molar-refractivity contribution >= 4 is 27.3 Å². The van der Waals surface area contributed by atoms with Crippen LogP contribution < -0.4 is 9.46 Å². The van der Waals surface area contributed by atoms with Crippen LogP contribution in [0.2, 0.25) is 5.02 Å². The van der Waals surface area contributed by atoms with Gasteiger partial charge >= 0.3 is 0 Å². The molecule has 0 amide bonds. The number of fused-ring (bicyclic) bond motifs is 1. The first-order valence-corrected chi connectivity index (χ1v) is 11.0. The number of rotatable bonds is 7. The number of aryl methyl sites for hydroxylation is 1. The number of sulfonamides is 1. The van der Waals surface area contributed by atoms with Gasteiger partial charge in [0.2, 0.25) is 15.9 Å². The van der Waals surface area contributed by atoms with Gasteiger partial charge in [0, 0.05) is 18.2 Å². The maximum atomic E-state index is 12.3. The second-order valence-electron chi connectivity index (χ2n) is 6.50. The zero-order valence-corrected chi connectivity index (χ0v) is 17.6. The Kier molecular flexibility index (Phi) is 5.67. The Balaban J connectivity index is 1.44. The Labute approximate surface area is 178 Å². The van der Waals surface area contributed by atoms with Crippen LogP contribution in [0.4, 0.5) is 0 Å². The molecule has 30 heavy (non-hydrogen) atoms. The topological polar surface area (TPSA) is 98.5 Å². The summed E-state index contributed by atoms with van der Waals surface area (Å²) in [5.41, 5.74) is 2.23. The predicted octanol–water partition coefficient (Wildman–Crippen LogP) is 3.11. The van der Waals surface area contributed by atoms with Crippen molar-refractivity contribution in [2.45, 2.75) is 11.8 Å². The van der Waals surface area contributed by atoms with Gasteiger partial charge < -0.3 is 4.74 Å². The van der Waals surface area contributed by atoms with Crippen molar-refractivity contribution in [1.29, 1.82) is 0 Å². The van der Waals surface area contributed by atoms with E-state index in [1.165, 1.54) is 4.52 Å². The fourth-order valence-electron chi connectivity index (χ4n) is 2.79. The van der Waals surface area contributed by atoms with E-state index in [0.717, 1.165) is 5.56 Å². The number of ether oxygens (including phenoxy) is 1. The molecule has 2 aromatic heterocycles. The quantitative estimate of drug-likeness (QED) is 0.441. The summed E-state index contributed by atoms with van der Waals surface area (Å²) in [7, 11) is -3.59. The number of hydrogen-bond donors (Lipinski definition) is 1. The summed E-state index contributed by atoms with van der Waals surface area (Å²) in [6.45, 7) is 2.09. The van der Waals surface area contributed by atoms with Gasteiger partial charge in [-0.15, -0.1) is 15.3 Å². The Morgan fingerprint density at radius 2 is 1.80 bits per heavy atom. The molecular weight excluding hydrogens is 426 g/mol. The number of nitrogens with zero attached hydrogens (tertiary/aromatic N) is 4. The predicted molar refractivity (Wildman–Crippen MR) is 113 cm³/mol. The van der Waals surface area contributed by atoms with E-state index in [0.29, 0.717) is 27.9 Å². The molecule has 0 radical (unpaired) electrons. The smallest absolute Gasteiger partial charge is 0.240 e. The first-order valence-electron chi connectivity index (χ1n) is 9.10. The summed E-state index contributed by atoms with van der Waals surface area (Å²) in [5.74, 6) is 0.797. The molecule has 4 aromatic rings. The first kappa shape index (κ1) is 20.3. The molecule has 0 spiro atoms. The lowest BCUT2D eigenvalue weighted by Crippen LogP contribution is -2.28. The summed E-state index contributed by atoms with van der Waals surface area (Å²) in [4.78, 5) is 0.210. The Morgan fingerprint density at radius 3 is 2.57 bits per heavy atom. The number of nitrogens with one attached hydrogen (secondary N) is 1. The molecular formula is C20H18ClN5O3S. The number of halogens is 1. The van der Waals surface area contributed by atoms with E-state index >= 15 is 0 Å². The van der Waals surface area contributed by atoms with Crippen molar-refractivity contribution in [1.82, 2.24) is 24.5 Å². The van der Waals surface area contributed by atoms with Crippen LogP contribution in [0.1, 0.15) is 5.56 Å². The third-order valence-electron chi connectivity index (χ3n) is 4.33. The molecule has 10 heteroatoms. The van der Waals surface area contributed by atoms with E-state index in [1.54, 1.807) is 42.5 Å². The molecule has 0 fully saturated rings. The van der Waals surface area contributed by atoms with Gasteiger partial charge in [0.15, 0.2) is 11.5 Å². The molecule has 8 nitrogen and oxygen atoms in total. The minimum Gasteiger partial charge on any atom is -0.475 e. The van der Waals surface area contributed by atoms with Gasteiger partial charge in [-0.25, -0.2) is 13.1 Å². The van der Waals surface area contributed by atoms with Gasteiger partial charge in [-0.05, 0) is 37.3 Å². The Morgan fingerprint density at radius 1 is 1.03 bits per heavy atom. The summed E-state index contributed by atoms with van der Waals surface area (Å²) >= 11 is 6.25. The molecule has 0 unspecified atom stereocenters. The first-order chi connectivity index (χ1) is 14.4. The summed E-state index contributed by atoms with van der Waals surface area (Å²) in [6.07, 6.45) is 0. The van der Waals surface area contributed by atoms with E-state index in [-0.39, 0.29) is 18.0 Å². The van der Waals surface area contributed by atoms with Crippen LogP contribution in [0.5, 0.6) is 5.88 Å². The minimum absolute atomic E-state index is 0.0927. The lowest BCUT2D eigenvalue weighted by molar-refractivity contribution is 0.306. The molecule has 0 aliphatic heterocycles. The molecule has 154 valence electrons. The number of benzene rings is 2. The maximum Gasteiger partial charge on any atom is 0.240 e. The van der Waals surface area contributed by atoms with Crippen molar-refractivity contribution < 1.29 is 13.2 Å². The highest BCUT2D eigenvalue weighted by molar-refractivity contribution is 7.89. The normalized spacial score (nSPS) is 11.7. The highest BCUT2D eigenvalue weighted by atomic mass is 35.5. The highest BCUT2D eigenvalue weighted by Crippen LogP contribution is 2.26. The molecule has 4 rings (SSSR count). The van der Waals surface area contributed by atoms with Crippen LogP contribution in [0, 0.1) is 6.92 Å². The Hall–Kier alpha value is -3.01. The molecule has 1 N–H and O–H groups in total. The van der Waals surface area contributed by atoms with Crippen LogP contribution in [0.25, 0.3) is 17.0 Å². The van der Waals surface area contributed by atoms with Gasteiger partial charge in [0.25, 0.3) is 0 Å². The zero-order chi connectivity index (χ0) is 21.1. The number of hydrogen-bond acceptors (Lipinski definition) is 6. The highest BCUT2D eigenvalue weighted by Gasteiger charge is 2.14. The van der Waals surface area contributed by atoms with Crippen molar-refractivity contribution in [3.63, 3.8) is 0 Å². The SMILES string of the molecule is Cc1ccc(S(=O)(=O)NCCOc2ccc3nnc(-c4ccccc4Cl)n3n2)cc1. The molecule has 0 saturated heterocycles. The average Bonchev–Trinajstić information content (AvgIpc) is 3.15. The molecule has 2 aromatic carbocycles. The van der Waals surface area contributed by atoms with E-state index in [9.17, 15) is 8.42 Å². The Bertz CT molecular complexity index is 1290. The number of aromatic nitrogens is 4. The minimum atomic E-state index is -3.59. The summed E-state index contributed by atoms with van der Waals surface area (Å²) in [6, 6.07) is 17.3. The van der Waals surface area contributed by atoms with Crippen LogP contribution in [-0.4, -0.2) is 41.4 Å². The van der Waals surface area contributed by atoms with E-state index in [2.05, 4.69) is 20.0 Å². The molecule has 0 aliphatic rings. The average molecular weight is 444 g/mol. The van der Waals surface area contributed by atoms with E-state index in [1.807, 2.05) is 25.1 Å². The molecule has 0 atom stereocenters. The largest absolute Gasteiger partial charge is 0.475 e. The van der Waals surface area contributed by atoms with Crippen molar-refractivity contribution in [2.75, 3.05) is 13.2 Å². The van der Waals surface area contributed by atoms with Crippen LogP contribution in [0.15, 0.2) is 65.6 Å². The van der Waals surface area contributed by atoms with E-state index < -0.39 is 10.0 Å². The van der Waals surface area contributed by atoms with Crippen LogP contribution in [-0.2, 0) is 10.0 Å². The van der Waals surface area contributed by atoms with Crippen molar-refractivity contribution in [3.05, 3.63) is 71.2 Å². The monoisotopic (exact) mass is 443 g/mol. The molecule has 0 bridgehead atoms. The second-order valence-corrected chi connectivity index (χ2v) is 8.68. The van der Waals surface area contributed by atoms with Crippen molar-refractivity contribution in [2.24, 2.45) is 0 Å².